The number of thiophene rings is 1. The van der Waals surface area contributed by atoms with Gasteiger partial charge in [-0.3, -0.25) is 0 Å². The maximum absolute atomic E-state index is 5.77. The van der Waals surface area contributed by atoms with E-state index in [2.05, 4.69) is 31.2 Å². The summed E-state index contributed by atoms with van der Waals surface area (Å²) < 4.78 is 2.20. The molecular formula is C11H13BrN4S. The minimum absolute atomic E-state index is 0.406. The van der Waals surface area contributed by atoms with Gasteiger partial charge < -0.3 is 11.1 Å². The molecule has 0 unspecified atom stereocenters. The Morgan fingerprint density at radius 3 is 3.06 bits per heavy atom. The summed E-state index contributed by atoms with van der Waals surface area (Å²) in [5.74, 6) is 1.63. The Morgan fingerprint density at radius 1 is 1.47 bits per heavy atom. The second-order valence-corrected chi connectivity index (χ2v) is 6.90. The topological polar surface area (TPSA) is 63.8 Å². The number of nitrogens with zero attached hydrogens (tertiary/aromatic N) is 2. The Hall–Kier alpha value is -0.720. The van der Waals surface area contributed by atoms with E-state index in [1.54, 1.807) is 17.7 Å². The summed E-state index contributed by atoms with van der Waals surface area (Å²) in [6, 6.07) is 2.43. The van der Waals surface area contributed by atoms with Crippen LogP contribution in [-0.4, -0.2) is 22.6 Å². The predicted molar refractivity (Wildman–Crippen MR) is 74.3 cm³/mol. The molecule has 2 aromatic heterocycles. The number of anilines is 1. The van der Waals surface area contributed by atoms with Crippen molar-refractivity contribution in [2.24, 2.45) is 11.7 Å². The van der Waals surface area contributed by atoms with Crippen molar-refractivity contribution in [1.82, 2.24) is 9.97 Å². The molecule has 1 fully saturated rings. The van der Waals surface area contributed by atoms with Gasteiger partial charge in [-0.05, 0) is 40.8 Å². The van der Waals surface area contributed by atoms with Gasteiger partial charge in [-0.15, -0.1) is 11.3 Å². The van der Waals surface area contributed by atoms with E-state index in [9.17, 15) is 0 Å². The molecule has 6 heteroatoms. The molecule has 4 nitrogen and oxygen atoms in total. The van der Waals surface area contributed by atoms with Crippen LogP contribution in [0.15, 0.2) is 16.2 Å². The Morgan fingerprint density at radius 2 is 2.29 bits per heavy atom. The molecule has 2 heterocycles. The van der Waals surface area contributed by atoms with Crippen molar-refractivity contribution in [2.75, 3.05) is 11.9 Å². The first-order valence-electron chi connectivity index (χ1n) is 5.62. The Kier molecular flexibility index (Phi) is 3.02. The number of halogens is 1. The van der Waals surface area contributed by atoms with Gasteiger partial charge in [0.15, 0.2) is 0 Å². The summed E-state index contributed by atoms with van der Waals surface area (Å²) in [6.07, 6.45) is 3.85. The van der Waals surface area contributed by atoms with E-state index < -0.39 is 0 Å². The standard InChI is InChI=1S/C11H13BrN4S/c12-9-3-8-10(17-9)11(16-5-15-8)14-4-6-1-7(13)2-6/h3,5-7H,1-2,4,13H2,(H,14,15,16). The van der Waals surface area contributed by atoms with Crippen LogP contribution in [0.5, 0.6) is 0 Å². The highest BCUT2D eigenvalue weighted by Gasteiger charge is 2.25. The minimum Gasteiger partial charge on any atom is -0.368 e. The van der Waals surface area contributed by atoms with Crippen molar-refractivity contribution in [2.45, 2.75) is 18.9 Å². The zero-order chi connectivity index (χ0) is 11.8. The lowest BCUT2D eigenvalue weighted by Crippen LogP contribution is -2.39. The lowest BCUT2D eigenvalue weighted by molar-refractivity contribution is 0.280. The summed E-state index contributed by atoms with van der Waals surface area (Å²) >= 11 is 5.14. The number of hydrogen-bond acceptors (Lipinski definition) is 5. The van der Waals surface area contributed by atoms with Gasteiger partial charge in [0.1, 0.15) is 12.1 Å². The molecule has 3 rings (SSSR count). The highest BCUT2D eigenvalue weighted by atomic mass is 79.9. The highest BCUT2D eigenvalue weighted by molar-refractivity contribution is 9.11. The molecule has 2 aromatic rings. The molecule has 3 N–H and O–H groups in total. The Balaban J connectivity index is 1.75. The average molecular weight is 313 g/mol. The maximum atomic E-state index is 5.77. The molecule has 0 bridgehead atoms. The fourth-order valence-electron chi connectivity index (χ4n) is 2.15. The van der Waals surface area contributed by atoms with Crippen molar-refractivity contribution >= 4 is 43.3 Å². The van der Waals surface area contributed by atoms with Gasteiger partial charge in [0, 0.05) is 12.6 Å². The first-order chi connectivity index (χ1) is 8.22. The molecule has 1 aliphatic carbocycles. The number of nitrogens with two attached hydrogens (primary N) is 1. The minimum atomic E-state index is 0.406. The normalized spacial score (nSPS) is 23.6. The molecule has 17 heavy (non-hydrogen) atoms. The zero-order valence-corrected chi connectivity index (χ0v) is 11.6. The van der Waals surface area contributed by atoms with Crippen LogP contribution < -0.4 is 11.1 Å². The van der Waals surface area contributed by atoms with Crippen molar-refractivity contribution in [3.63, 3.8) is 0 Å². The van der Waals surface area contributed by atoms with Gasteiger partial charge >= 0.3 is 0 Å². The van der Waals surface area contributed by atoms with E-state index in [-0.39, 0.29) is 0 Å². The van der Waals surface area contributed by atoms with Gasteiger partial charge in [0.05, 0.1) is 14.0 Å². The van der Waals surface area contributed by atoms with Crippen LogP contribution in [0.2, 0.25) is 0 Å². The van der Waals surface area contributed by atoms with E-state index >= 15 is 0 Å². The van der Waals surface area contributed by atoms with E-state index in [1.165, 1.54) is 0 Å². The fourth-order valence-corrected chi connectivity index (χ4v) is 3.65. The van der Waals surface area contributed by atoms with Crippen molar-refractivity contribution in [3.8, 4) is 0 Å². The van der Waals surface area contributed by atoms with Crippen LogP contribution in [0.4, 0.5) is 5.82 Å². The SMILES string of the molecule is NC1CC(CNc2ncnc3cc(Br)sc23)C1. The molecule has 0 atom stereocenters. The van der Waals surface area contributed by atoms with Crippen LogP contribution in [0, 0.1) is 5.92 Å². The number of aromatic nitrogens is 2. The number of rotatable bonds is 3. The monoisotopic (exact) mass is 312 g/mol. The third-order valence-corrected chi connectivity index (χ3v) is 4.75. The average Bonchev–Trinajstić information content (AvgIpc) is 2.63. The lowest BCUT2D eigenvalue weighted by atomic mass is 9.81. The smallest absolute Gasteiger partial charge is 0.147 e. The third kappa shape index (κ3) is 2.29. The van der Waals surface area contributed by atoms with Crippen LogP contribution in [0.1, 0.15) is 12.8 Å². The van der Waals surface area contributed by atoms with Crippen LogP contribution >= 0.6 is 27.3 Å². The summed E-state index contributed by atoms with van der Waals surface area (Å²) in [5, 5.41) is 3.41. The second kappa shape index (κ2) is 4.51. The van der Waals surface area contributed by atoms with Gasteiger partial charge in [0.25, 0.3) is 0 Å². The summed E-state index contributed by atoms with van der Waals surface area (Å²) in [5.41, 5.74) is 6.76. The van der Waals surface area contributed by atoms with Crippen LogP contribution in [0.25, 0.3) is 10.2 Å². The fraction of sp³-hybridized carbons (Fsp3) is 0.455. The molecule has 1 aliphatic rings. The van der Waals surface area contributed by atoms with Crippen LogP contribution in [-0.2, 0) is 0 Å². The molecule has 1 saturated carbocycles. The number of nitrogens with one attached hydrogen (secondary N) is 1. The first-order valence-corrected chi connectivity index (χ1v) is 7.23. The highest BCUT2D eigenvalue weighted by Crippen LogP contribution is 2.33. The lowest BCUT2D eigenvalue weighted by Gasteiger charge is -2.32. The predicted octanol–water partition coefficient (Wildman–Crippen LogP) is 2.60. The molecule has 0 saturated heterocycles. The van der Waals surface area contributed by atoms with E-state index in [1.807, 2.05) is 6.07 Å². The summed E-state index contributed by atoms with van der Waals surface area (Å²) in [4.78, 5) is 8.55. The summed E-state index contributed by atoms with van der Waals surface area (Å²) in [6.45, 7) is 0.954. The number of fused-ring (bicyclic) bond motifs is 1. The molecule has 90 valence electrons. The maximum Gasteiger partial charge on any atom is 0.147 e. The zero-order valence-electron chi connectivity index (χ0n) is 9.19. The molecular weight excluding hydrogens is 300 g/mol. The second-order valence-electron chi connectivity index (χ2n) is 4.47. The molecule has 0 aliphatic heterocycles. The van der Waals surface area contributed by atoms with Gasteiger partial charge in [0.2, 0.25) is 0 Å². The van der Waals surface area contributed by atoms with Gasteiger partial charge in [-0.25, -0.2) is 9.97 Å². The first kappa shape index (κ1) is 11.4. The Labute approximate surface area is 112 Å². The third-order valence-electron chi connectivity index (χ3n) is 3.11. The van der Waals surface area contributed by atoms with Crippen molar-refractivity contribution in [1.29, 1.82) is 0 Å². The van der Waals surface area contributed by atoms with Crippen LogP contribution in [0.3, 0.4) is 0 Å². The quantitative estimate of drug-likeness (QED) is 0.914. The van der Waals surface area contributed by atoms with Crippen molar-refractivity contribution < 1.29 is 0 Å². The summed E-state index contributed by atoms with van der Waals surface area (Å²) in [7, 11) is 0. The van der Waals surface area contributed by atoms with Gasteiger partial charge in [-0.2, -0.15) is 0 Å². The van der Waals surface area contributed by atoms with E-state index in [0.29, 0.717) is 12.0 Å². The Bertz CT molecular complexity index is 535. The van der Waals surface area contributed by atoms with Gasteiger partial charge in [-0.1, -0.05) is 0 Å². The largest absolute Gasteiger partial charge is 0.368 e. The molecule has 0 spiro atoms. The number of hydrogen-bond donors (Lipinski definition) is 2. The molecule has 0 radical (unpaired) electrons. The van der Waals surface area contributed by atoms with E-state index in [4.69, 9.17) is 5.73 Å². The molecule has 0 amide bonds. The van der Waals surface area contributed by atoms with E-state index in [0.717, 1.165) is 39.2 Å². The molecule has 0 aromatic carbocycles. The van der Waals surface area contributed by atoms with Crippen molar-refractivity contribution in [3.05, 3.63) is 16.2 Å².